The molecule has 0 atom stereocenters. The minimum Gasteiger partial charge on any atom is -0.312 e. The Kier molecular flexibility index (Phi) is 3.03. The fraction of sp³-hybridized carbons (Fsp3) is 0.167. The van der Waals surface area contributed by atoms with E-state index in [1.54, 1.807) is 10.8 Å². The van der Waals surface area contributed by atoms with Gasteiger partial charge in [-0.1, -0.05) is 12.1 Å². The molecule has 2 aromatic rings. The predicted molar refractivity (Wildman–Crippen MR) is 63.0 cm³/mol. The molecule has 0 radical (unpaired) electrons. The summed E-state index contributed by atoms with van der Waals surface area (Å²) in [5.41, 5.74) is 2.26. The van der Waals surface area contributed by atoms with Crippen LogP contribution in [-0.4, -0.2) is 15.6 Å². The maximum absolute atomic E-state index is 11.6. The number of H-pyrrole nitrogens is 1. The van der Waals surface area contributed by atoms with E-state index in [0.29, 0.717) is 0 Å². The van der Waals surface area contributed by atoms with Gasteiger partial charge in [0.05, 0.1) is 12.2 Å². The molecule has 0 aliphatic carbocycles. The summed E-state index contributed by atoms with van der Waals surface area (Å²) in [6.45, 7) is 2.11. The molecule has 0 saturated heterocycles. The number of nitrogens with zero attached hydrogens (tertiary/aromatic N) is 2. The number of aliphatic imine (C=N–C) groups is 1. The lowest BCUT2D eigenvalue weighted by molar-refractivity contribution is 0.563. The monoisotopic (exact) mass is 229 g/mol. The molecule has 0 aliphatic heterocycles. The van der Waals surface area contributed by atoms with E-state index in [-0.39, 0.29) is 12.2 Å². The zero-order valence-electron chi connectivity index (χ0n) is 9.30. The number of hydrogen-bond donors (Lipinski definition) is 1. The zero-order valence-corrected chi connectivity index (χ0v) is 9.30. The molecule has 0 spiro atoms. The van der Waals surface area contributed by atoms with E-state index >= 15 is 0 Å². The molecule has 1 aromatic heterocycles. The highest BCUT2D eigenvalue weighted by Gasteiger charge is 2.04. The van der Waals surface area contributed by atoms with Crippen molar-refractivity contribution >= 4 is 6.08 Å². The van der Waals surface area contributed by atoms with Crippen LogP contribution in [0.5, 0.6) is 0 Å². The molecule has 5 nitrogen and oxygen atoms in total. The number of aryl methyl sites for hydroxylation is 1. The highest BCUT2D eigenvalue weighted by atomic mass is 16.1. The van der Waals surface area contributed by atoms with Gasteiger partial charge < -0.3 is 4.98 Å². The molecule has 1 heterocycles. The molecule has 1 aromatic carbocycles. The van der Waals surface area contributed by atoms with Crippen molar-refractivity contribution in [1.82, 2.24) is 9.55 Å². The van der Waals surface area contributed by atoms with Gasteiger partial charge in [0, 0.05) is 11.9 Å². The topological polar surface area (TPSA) is 67.2 Å². The standard InChI is InChI=1S/C12H11N3O2/c1-9-6-14-12(17)15(9)11-4-2-3-10(5-11)7-13-8-16/h2-6H,7H2,1H3,(H,14,17). The van der Waals surface area contributed by atoms with Crippen molar-refractivity contribution in [2.75, 3.05) is 0 Å². The van der Waals surface area contributed by atoms with Crippen LogP contribution >= 0.6 is 0 Å². The summed E-state index contributed by atoms with van der Waals surface area (Å²) >= 11 is 0. The number of imidazole rings is 1. The first-order chi connectivity index (χ1) is 8.22. The van der Waals surface area contributed by atoms with Gasteiger partial charge in [-0.3, -0.25) is 4.57 Å². The lowest BCUT2D eigenvalue weighted by atomic mass is 10.2. The summed E-state index contributed by atoms with van der Waals surface area (Å²) < 4.78 is 1.56. The van der Waals surface area contributed by atoms with Crippen LogP contribution in [0.1, 0.15) is 11.3 Å². The number of nitrogens with one attached hydrogen (secondary N) is 1. The van der Waals surface area contributed by atoms with Crippen LogP contribution in [0.4, 0.5) is 0 Å². The maximum Gasteiger partial charge on any atom is 0.330 e. The molecule has 86 valence electrons. The predicted octanol–water partition coefficient (Wildman–Crippen LogP) is 1.31. The van der Waals surface area contributed by atoms with Crippen LogP contribution in [-0.2, 0) is 11.3 Å². The second-order valence-corrected chi connectivity index (χ2v) is 3.65. The maximum atomic E-state index is 11.6. The van der Waals surface area contributed by atoms with Gasteiger partial charge in [0.2, 0.25) is 6.08 Å². The van der Waals surface area contributed by atoms with E-state index in [9.17, 15) is 9.59 Å². The zero-order chi connectivity index (χ0) is 12.3. The summed E-state index contributed by atoms with van der Waals surface area (Å²) in [4.78, 5) is 27.8. The molecule has 0 fully saturated rings. The molecule has 2 rings (SSSR count). The molecule has 0 aliphatic rings. The molecule has 17 heavy (non-hydrogen) atoms. The molecule has 5 heteroatoms. The van der Waals surface area contributed by atoms with Crippen molar-refractivity contribution in [2.45, 2.75) is 13.5 Å². The number of aromatic amines is 1. The SMILES string of the molecule is Cc1c[nH]c(=O)n1-c1cccc(CN=C=O)c1. The third-order valence-electron chi connectivity index (χ3n) is 2.46. The second-order valence-electron chi connectivity index (χ2n) is 3.65. The van der Waals surface area contributed by atoms with Gasteiger partial charge in [-0.25, -0.2) is 14.6 Å². The van der Waals surface area contributed by atoms with Crippen LogP contribution in [0.2, 0.25) is 0 Å². The third-order valence-corrected chi connectivity index (χ3v) is 2.46. The Morgan fingerprint density at radius 3 is 2.94 bits per heavy atom. The Labute approximate surface area is 97.4 Å². The fourth-order valence-corrected chi connectivity index (χ4v) is 1.69. The van der Waals surface area contributed by atoms with Crippen LogP contribution < -0.4 is 5.69 Å². The first-order valence-corrected chi connectivity index (χ1v) is 5.12. The minimum absolute atomic E-state index is 0.182. The van der Waals surface area contributed by atoms with Crippen molar-refractivity contribution in [3.8, 4) is 5.69 Å². The van der Waals surface area contributed by atoms with Gasteiger partial charge >= 0.3 is 5.69 Å². The average Bonchev–Trinajstić information content (AvgIpc) is 2.67. The minimum atomic E-state index is -0.182. The number of aromatic nitrogens is 2. The van der Waals surface area contributed by atoms with E-state index in [0.717, 1.165) is 16.9 Å². The van der Waals surface area contributed by atoms with E-state index in [4.69, 9.17) is 0 Å². The van der Waals surface area contributed by atoms with Gasteiger partial charge in [0.15, 0.2) is 0 Å². The molecule has 1 N–H and O–H groups in total. The third kappa shape index (κ3) is 2.24. The van der Waals surface area contributed by atoms with Crippen LogP contribution in [0, 0.1) is 6.92 Å². The Bertz CT molecular complexity index is 633. The van der Waals surface area contributed by atoms with Crippen molar-refractivity contribution in [1.29, 1.82) is 0 Å². The van der Waals surface area contributed by atoms with Crippen LogP contribution in [0.3, 0.4) is 0 Å². The normalized spacial score (nSPS) is 9.94. The van der Waals surface area contributed by atoms with Gasteiger partial charge in [-0.05, 0) is 24.6 Å². The number of carbonyl (C=O) groups excluding carboxylic acids is 1. The molecule has 0 amide bonds. The fourth-order valence-electron chi connectivity index (χ4n) is 1.69. The number of rotatable bonds is 3. The first kappa shape index (κ1) is 11.1. The highest BCUT2D eigenvalue weighted by Crippen LogP contribution is 2.11. The van der Waals surface area contributed by atoms with Crippen molar-refractivity contribution in [3.63, 3.8) is 0 Å². The molecular formula is C12H11N3O2. The lowest BCUT2D eigenvalue weighted by Gasteiger charge is -2.05. The highest BCUT2D eigenvalue weighted by molar-refractivity contribution is 5.39. The Hall–Kier alpha value is -2.39. The molecular weight excluding hydrogens is 218 g/mol. The number of isocyanates is 1. The van der Waals surface area contributed by atoms with E-state index in [1.165, 1.54) is 6.08 Å². The summed E-state index contributed by atoms with van der Waals surface area (Å²) in [6.07, 6.45) is 3.14. The van der Waals surface area contributed by atoms with Gasteiger partial charge in [0.1, 0.15) is 0 Å². The van der Waals surface area contributed by atoms with Gasteiger partial charge in [-0.15, -0.1) is 0 Å². The van der Waals surface area contributed by atoms with E-state index in [1.807, 2.05) is 31.2 Å². The van der Waals surface area contributed by atoms with Crippen molar-refractivity contribution in [2.24, 2.45) is 4.99 Å². The summed E-state index contributed by atoms with van der Waals surface area (Å²) in [7, 11) is 0. The number of benzene rings is 1. The summed E-state index contributed by atoms with van der Waals surface area (Å²) in [5.74, 6) is 0. The average molecular weight is 229 g/mol. The van der Waals surface area contributed by atoms with Crippen LogP contribution in [0.25, 0.3) is 5.69 Å². The largest absolute Gasteiger partial charge is 0.330 e. The molecule has 0 saturated carbocycles. The quantitative estimate of drug-likeness (QED) is 0.637. The smallest absolute Gasteiger partial charge is 0.312 e. The first-order valence-electron chi connectivity index (χ1n) is 5.12. The lowest BCUT2D eigenvalue weighted by Crippen LogP contribution is -2.15. The summed E-state index contributed by atoms with van der Waals surface area (Å²) in [6, 6.07) is 7.32. The van der Waals surface area contributed by atoms with Gasteiger partial charge in [-0.2, -0.15) is 0 Å². The Morgan fingerprint density at radius 1 is 1.47 bits per heavy atom. The molecule has 0 unspecified atom stereocenters. The Balaban J connectivity index is 2.46. The van der Waals surface area contributed by atoms with Crippen molar-refractivity contribution < 1.29 is 4.79 Å². The molecule has 0 bridgehead atoms. The van der Waals surface area contributed by atoms with E-state index in [2.05, 4.69) is 9.98 Å². The van der Waals surface area contributed by atoms with Crippen molar-refractivity contribution in [3.05, 3.63) is 52.2 Å². The Morgan fingerprint density at radius 2 is 2.29 bits per heavy atom. The number of hydrogen-bond acceptors (Lipinski definition) is 3. The van der Waals surface area contributed by atoms with E-state index < -0.39 is 0 Å². The summed E-state index contributed by atoms with van der Waals surface area (Å²) in [5, 5.41) is 0. The second kappa shape index (κ2) is 4.63. The van der Waals surface area contributed by atoms with Crippen LogP contribution in [0.15, 0.2) is 40.2 Å². The van der Waals surface area contributed by atoms with Gasteiger partial charge in [0.25, 0.3) is 0 Å².